The number of rotatable bonds is 2. The number of carbonyl (C=O) groups is 1. The molecular formula is C12H14O2S. The topological polar surface area (TPSA) is 26.3 Å². The molecule has 1 aliphatic heterocycles. The lowest BCUT2D eigenvalue weighted by atomic mass is 10.1. The summed E-state index contributed by atoms with van der Waals surface area (Å²) in [5.74, 6) is -0.0674. The monoisotopic (exact) mass is 222 g/mol. The maximum atomic E-state index is 11.2. The summed E-state index contributed by atoms with van der Waals surface area (Å²) in [6.07, 6.45) is 1.54. The van der Waals surface area contributed by atoms with Crippen molar-refractivity contribution >= 4 is 17.7 Å². The van der Waals surface area contributed by atoms with Gasteiger partial charge in [0.15, 0.2) is 0 Å². The van der Waals surface area contributed by atoms with E-state index >= 15 is 0 Å². The number of esters is 1. The summed E-state index contributed by atoms with van der Waals surface area (Å²) in [5, 5.41) is 0.364. The van der Waals surface area contributed by atoms with Crippen LogP contribution in [0.1, 0.15) is 19.8 Å². The molecule has 2 atom stereocenters. The fourth-order valence-corrected chi connectivity index (χ4v) is 3.03. The first-order valence-electron chi connectivity index (χ1n) is 5.15. The molecule has 0 radical (unpaired) electrons. The van der Waals surface area contributed by atoms with E-state index in [1.54, 1.807) is 11.8 Å². The minimum atomic E-state index is -0.0674. The Morgan fingerprint density at radius 3 is 2.73 bits per heavy atom. The van der Waals surface area contributed by atoms with Gasteiger partial charge in [-0.2, -0.15) is 0 Å². The Kier molecular flexibility index (Phi) is 3.31. The molecule has 1 aliphatic rings. The number of benzene rings is 1. The maximum absolute atomic E-state index is 11.2. The van der Waals surface area contributed by atoms with Gasteiger partial charge in [-0.3, -0.25) is 4.79 Å². The zero-order valence-electron chi connectivity index (χ0n) is 8.68. The lowest BCUT2D eigenvalue weighted by Gasteiger charge is -2.25. The van der Waals surface area contributed by atoms with Crippen molar-refractivity contribution in [1.29, 1.82) is 0 Å². The summed E-state index contributed by atoms with van der Waals surface area (Å²) in [4.78, 5) is 12.5. The SMILES string of the molecule is C[C@H]1CC(Sc2ccccc2)CC(=O)O1. The largest absolute Gasteiger partial charge is 0.463 e. The summed E-state index contributed by atoms with van der Waals surface area (Å²) in [6.45, 7) is 1.95. The molecule has 0 aliphatic carbocycles. The van der Waals surface area contributed by atoms with E-state index in [2.05, 4.69) is 12.1 Å². The van der Waals surface area contributed by atoms with Crippen LogP contribution in [0, 0.1) is 0 Å². The second-order valence-electron chi connectivity index (χ2n) is 3.79. The Hall–Kier alpha value is -0.960. The highest BCUT2D eigenvalue weighted by molar-refractivity contribution is 8.00. The summed E-state index contributed by atoms with van der Waals surface area (Å²) < 4.78 is 5.10. The van der Waals surface area contributed by atoms with E-state index in [4.69, 9.17) is 4.74 Å². The van der Waals surface area contributed by atoms with Gasteiger partial charge in [-0.05, 0) is 25.5 Å². The van der Waals surface area contributed by atoms with E-state index in [1.807, 2.05) is 25.1 Å². The van der Waals surface area contributed by atoms with Crippen molar-refractivity contribution < 1.29 is 9.53 Å². The van der Waals surface area contributed by atoms with E-state index in [9.17, 15) is 4.79 Å². The van der Waals surface area contributed by atoms with Crippen molar-refractivity contribution in [3.63, 3.8) is 0 Å². The Labute approximate surface area is 94.0 Å². The molecule has 0 amide bonds. The quantitative estimate of drug-likeness (QED) is 0.720. The van der Waals surface area contributed by atoms with Gasteiger partial charge in [-0.25, -0.2) is 0 Å². The Balaban J connectivity index is 1.97. The van der Waals surface area contributed by atoms with Crippen LogP contribution in [-0.4, -0.2) is 17.3 Å². The molecule has 3 heteroatoms. The Morgan fingerprint density at radius 1 is 1.33 bits per heavy atom. The smallest absolute Gasteiger partial charge is 0.307 e. The molecule has 1 aromatic rings. The van der Waals surface area contributed by atoms with Gasteiger partial charge >= 0.3 is 5.97 Å². The summed E-state index contributed by atoms with van der Waals surface area (Å²) >= 11 is 1.77. The van der Waals surface area contributed by atoms with E-state index in [0.29, 0.717) is 11.7 Å². The van der Waals surface area contributed by atoms with Gasteiger partial charge in [0.05, 0.1) is 6.42 Å². The summed E-state index contributed by atoms with van der Waals surface area (Å²) in [5.41, 5.74) is 0. The van der Waals surface area contributed by atoms with Crippen LogP contribution in [0.3, 0.4) is 0 Å². The number of hydrogen-bond acceptors (Lipinski definition) is 3. The zero-order chi connectivity index (χ0) is 10.7. The second-order valence-corrected chi connectivity index (χ2v) is 5.17. The van der Waals surface area contributed by atoms with Crippen LogP contribution in [0.2, 0.25) is 0 Å². The molecule has 0 bridgehead atoms. The lowest BCUT2D eigenvalue weighted by Crippen LogP contribution is -2.28. The normalized spacial score (nSPS) is 26.1. The molecule has 0 N–H and O–H groups in total. The molecule has 0 aromatic heterocycles. The first kappa shape index (κ1) is 10.6. The highest BCUT2D eigenvalue weighted by Crippen LogP contribution is 2.31. The first-order valence-corrected chi connectivity index (χ1v) is 6.03. The fraction of sp³-hybridized carbons (Fsp3) is 0.417. The maximum Gasteiger partial charge on any atom is 0.307 e. The lowest BCUT2D eigenvalue weighted by molar-refractivity contribution is -0.152. The molecular weight excluding hydrogens is 208 g/mol. The molecule has 1 saturated heterocycles. The standard InChI is InChI=1S/C12H14O2S/c1-9-7-11(8-12(13)14-9)15-10-5-3-2-4-6-10/h2-6,9,11H,7-8H2,1H3/t9-,11?/m0/s1. The third-order valence-electron chi connectivity index (χ3n) is 2.37. The van der Waals surface area contributed by atoms with Crippen molar-refractivity contribution in [2.45, 2.75) is 36.0 Å². The minimum Gasteiger partial charge on any atom is -0.463 e. The van der Waals surface area contributed by atoms with Crippen LogP contribution >= 0.6 is 11.8 Å². The van der Waals surface area contributed by atoms with Crippen LogP contribution in [0.4, 0.5) is 0 Å². The second kappa shape index (κ2) is 4.71. The van der Waals surface area contributed by atoms with Gasteiger partial charge in [-0.15, -0.1) is 11.8 Å². The van der Waals surface area contributed by atoms with Gasteiger partial charge in [0.25, 0.3) is 0 Å². The molecule has 15 heavy (non-hydrogen) atoms. The molecule has 1 fully saturated rings. The highest BCUT2D eigenvalue weighted by atomic mass is 32.2. The highest BCUT2D eigenvalue weighted by Gasteiger charge is 2.26. The van der Waals surface area contributed by atoms with Gasteiger partial charge in [0.2, 0.25) is 0 Å². The first-order chi connectivity index (χ1) is 7.24. The third-order valence-corrected chi connectivity index (χ3v) is 3.60. The van der Waals surface area contributed by atoms with Gasteiger partial charge in [0, 0.05) is 10.1 Å². The predicted molar refractivity (Wildman–Crippen MR) is 60.9 cm³/mol. The number of carbonyl (C=O) groups excluding carboxylic acids is 1. The molecule has 2 rings (SSSR count). The molecule has 2 nitrogen and oxygen atoms in total. The minimum absolute atomic E-state index is 0.0625. The van der Waals surface area contributed by atoms with E-state index in [-0.39, 0.29) is 12.1 Å². The molecule has 1 unspecified atom stereocenters. The number of cyclic esters (lactones) is 1. The van der Waals surface area contributed by atoms with E-state index in [1.165, 1.54) is 4.90 Å². The van der Waals surface area contributed by atoms with Crippen LogP contribution in [0.5, 0.6) is 0 Å². The average molecular weight is 222 g/mol. The molecule has 80 valence electrons. The molecule has 0 spiro atoms. The number of ether oxygens (including phenoxy) is 1. The Morgan fingerprint density at radius 2 is 2.07 bits per heavy atom. The number of hydrogen-bond donors (Lipinski definition) is 0. The average Bonchev–Trinajstić information content (AvgIpc) is 2.17. The van der Waals surface area contributed by atoms with Crippen molar-refractivity contribution in [1.82, 2.24) is 0 Å². The van der Waals surface area contributed by atoms with Crippen LogP contribution in [0.15, 0.2) is 35.2 Å². The van der Waals surface area contributed by atoms with Crippen LogP contribution < -0.4 is 0 Å². The van der Waals surface area contributed by atoms with Crippen molar-refractivity contribution in [2.75, 3.05) is 0 Å². The van der Waals surface area contributed by atoms with Gasteiger partial charge in [-0.1, -0.05) is 18.2 Å². The van der Waals surface area contributed by atoms with Crippen molar-refractivity contribution in [2.24, 2.45) is 0 Å². The Bertz CT molecular complexity index is 337. The zero-order valence-corrected chi connectivity index (χ0v) is 9.50. The summed E-state index contributed by atoms with van der Waals surface area (Å²) in [7, 11) is 0. The molecule has 1 aromatic carbocycles. The van der Waals surface area contributed by atoms with E-state index < -0.39 is 0 Å². The molecule has 0 saturated carbocycles. The van der Waals surface area contributed by atoms with Crippen LogP contribution in [0.25, 0.3) is 0 Å². The summed E-state index contributed by atoms with van der Waals surface area (Å²) in [6, 6.07) is 10.2. The van der Waals surface area contributed by atoms with Gasteiger partial charge < -0.3 is 4.74 Å². The van der Waals surface area contributed by atoms with Crippen molar-refractivity contribution in [3.05, 3.63) is 30.3 Å². The third kappa shape index (κ3) is 2.99. The predicted octanol–water partition coefficient (Wildman–Crippen LogP) is 2.87. The fourth-order valence-electron chi connectivity index (χ4n) is 1.74. The van der Waals surface area contributed by atoms with E-state index in [0.717, 1.165) is 6.42 Å². The number of thioether (sulfide) groups is 1. The van der Waals surface area contributed by atoms with Crippen molar-refractivity contribution in [3.8, 4) is 0 Å². The van der Waals surface area contributed by atoms with Crippen LogP contribution in [-0.2, 0) is 9.53 Å². The van der Waals surface area contributed by atoms with Gasteiger partial charge in [0.1, 0.15) is 6.10 Å². The molecule has 1 heterocycles.